The van der Waals surface area contributed by atoms with Crippen molar-refractivity contribution >= 4 is 29.1 Å². The van der Waals surface area contributed by atoms with Crippen LogP contribution in [0, 0.1) is 10.8 Å². The van der Waals surface area contributed by atoms with Gasteiger partial charge in [-0.1, -0.05) is 65.8 Å². The van der Waals surface area contributed by atoms with E-state index in [2.05, 4.69) is 16.1 Å². The minimum Gasteiger partial charge on any atom is -0.326 e. The molecule has 3 amide bonds. The van der Waals surface area contributed by atoms with Gasteiger partial charge in [-0.2, -0.15) is 0 Å². The predicted octanol–water partition coefficient (Wildman–Crippen LogP) is 4.57. The highest BCUT2D eigenvalue weighted by Crippen LogP contribution is 2.41. The summed E-state index contributed by atoms with van der Waals surface area (Å²) >= 11 is 0. The smallest absolute Gasteiger partial charge is 0.249 e. The summed E-state index contributed by atoms with van der Waals surface area (Å²) < 4.78 is 0. The Balaban J connectivity index is 0.00000352. The number of hydrazine groups is 1. The van der Waals surface area contributed by atoms with Crippen LogP contribution in [0.25, 0.3) is 0 Å². The van der Waals surface area contributed by atoms with Gasteiger partial charge in [-0.3, -0.25) is 30.9 Å². The molecule has 0 saturated heterocycles. The van der Waals surface area contributed by atoms with E-state index in [0.717, 1.165) is 29.7 Å². The Bertz CT molecular complexity index is 1020. The normalized spacial score (nSPS) is 11.2. The highest BCUT2D eigenvalue weighted by atomic mass is 16.5. The highest BCUT2D eigenvalue weighted by Gasteiger charge is 2.44. The number of nitrogens with one attached hydrogen (secondary N) is 4. The number of hydrogen-bond donors (Lipinski definition) is 6. The zero-order chi connectivity index (χ0) is 28.8. The first-order valence-corrected chi connectivity index (χ1v) is 13.1. The number of hydrogen-bond acceptors (Lipinski definition) is 6. The molecule has 0 fully saturated rings. The molecule has 0 aliphatic heterocycles. The molecule has 210 valence electrons. The van der Waals surface area contributed by atoms with Crippen molar-refractivity contribution in [1.29, 1.82) is 0 Å². The van der Waals surface area contributed by atoms with Crippen LogP contribution in [0.2, 0.25) is 0 Å². The molecule has 2 aromatic carbocycles. The Kier molecular flexibility index (Phi) is 13.7. The maximum absolute atomic E-state index is 12.6. The van der Waals surface area contributed by atoms with E-state index in [1.807, 2.05) is 76.2 Å². The van der Waals surface area contributed by atoms with E-state index in [9.17, 15) is 14.4 Å². The highest BCUT2D eigenvalue weighted by molar-refractivity contribution is 5.92. The van der Waals surface area contributed by atoms with Crippen LogP contribution in [0.5, 0.6) is 0 Å². The van der Waals surface area contributed by atoms with Crippen LogP contribution >= 0.6 is 0 Å². The first-order chi connectivity index (χ1) is 18.0. The van der Waals surface area contributed by atoms with Crippen molar-refractivity contribution in [2.45, 2.75) is 73.6 Å². The third-order valence-corrected chi connectivity index (χ3v) is 6.87. The quantitative estimate of drug-likeness (QED) is 0.128. The number of hydroxylamine groups is 1. The molecule has 9 nitrogen and oxygen atoms in total. The van der Waals surface area contributed by atoms with Crippen LogP contribution in [0.1, 0.15) is 71.9 Å². The van der Waals surface area contributed by atoms with Crippen LogP contribution in [0.3, 0.4) is 0 Å². The van der Waals surface area contributed by atoms with E-state index < -0.39 is 16.7 Å². The monoisotopic (exact) mass is 527 g/mol. The Morgan fingerprint density at radius 3 is 1.74 bits per heavy atom. The molecule has 0 atom stereocenters. The lowest BCUT2D eigenvalue weighted by Crippen LogP contribution is -2.46. The zero-order valence-electron chi connectivity index (χ0n) is 23.6. The average molecular weight is 528 g/mol. The molecule has 2 aromatic rings. The molecular formula is C29H45N5O4. The molecule has 38 heavy (non-hydrogen) atoms. The molecule has 0 heterocycles. The second kappa shape index (κ2) is 15.9. The molecule has 0 radical (unpaired) electrons. The summed E-state index contributed by atoms with van der Waals surface area (Å²) in [7, 11) is 0. The fraction of sp³-hybridized carbons (Fsp3) is 0.483. The van der Waals surface area contributed by atoms with Gasteiger partial charge in [-0.15, -0.1) is 0 Å². The summed E-state index contributed by atoms with van der Waals surface area (Å²) in [6.07, 6.45) is 2.78. The van der Waals surface area contributed by atoms with Gasteiger partial charge < -0.3 is 10.6 Å². The maximum atomic E-state index is 12.6. The number of amides is 3. The van der Waals surface area contributed by atoms with Crippen LogP contribution in [0.15, 0.2) is 48.5 Å². The second-order valence-electron chi connectivity index (χ2n) is 10.2. The van der Waals surface area contributed by atoms with Gasteiger partial charge in [0.1, 0.15) is 0 Å². The summed E-state index contributed by atoms with van der Waals surface area (Å²) in [6, 6.07) is 15.2. The Morgan fingerprint density at radius 1 is 0.789 bits per heavy atom. The van der Waals surface area contributed by atoms with E-state index >= 15 is 0 Å². The van der Waals surface area contributed by atoms with E-state index in [-0.39, 0.29) is 18.2 Å². The van der Waals surface area contributed by atoms with Gasteiger partial charge in [0.25, 0.3) is 0 Å². The Morgan fingerprint density at radius 2 is 1.26 bits per heavy atom. The number of anilines is 2. The molecular weight excluding hydrogens is 482 g/mol. The summed E-state index contributed by atoms with van der Waals surface area (Å²) in [5.74, 6) is 4.51. The minimum atomic E-state index is -0.944. The summed E-state index contributed by atoms with van der Waals surface area (Å²) in [4.78, 5) is 36.8. The summed E-state index contributed by atoms with van der Waals surface area (Å²) in [5.41, 5.74) is 6.32. The molecule has 0 aliphatic rings. The van der Waals surface area contributed by atoms with Crippen molar-refractivity contribution in [3.63, 3.8) is 0 Å². The molecule has 0 aliphatic carbocycles. The lowest BCUT2D eigenvalue weighted by atomic mass is 9.65. The molecule has 0 saturated carbocycles. The third-order valence-electron chi connectivity index (χ3n) is 6.87. The minimum absolute atomic E-state index is 0.0318. The molecule has 0 aromatic heterocycles. The molecule has 0 bridgehead atoms. The Labute approximate surface area is 226 Å². The molecule has 0 spiro atoms. The number of aryl methyl sites for hydroxylation is 1. The van der Waals surface area contributed by atoms with E-state index in [4.69, 9.17) is 11.0 Å². The summed E-state index contributed by atoms with van der Waals surface area (Å²) in [5, 5.41) is 14.8. The summed E-state index contributed by atoms with van der Waals surface area (Å²) in [6.45, 7) is 11.7. The number of carbonyl (C=O) groups is 3. The van der Waals surface area contributed by atoms with Gasteiger partial charge in [-0.25, -0.2) is 5.48 Å². The van der Waals surface area contributed by atoms with Crippen LogP contribution in [-0.2, 0) is 27.2 Å². The second-order valence-corrected chi connectivity index (χ2v) is 10.2. The van der Waals surface area contributed by atoms with Gasteiger partial charge in [0.2, 0.25) is 17.7 Å². The van der Waals surface area contributed by atoms with E-state index in [1.54, 1.807) is 19.3 Å². The topological polar surface area (TPSA) is 146 Å². The van der Waals surface area contributed by atoms with Crippen LogP contribution in [-0.4, -0.2) is 29.5 Å². The van der Waals surface area contributed by atoms with Crippen LogP contribution < -0.4 is 27.4 Å². The van der Waals surface area contributed by atoms with Gasteiger partial charge >= 0.3 is 0 Å². The van der Waals surface area contributed by atoms with Crippen molar-refractivity contribution in [3.8, 4) is 0 Å². The third kappa shape index (κ3) is 10.2. The molecule has 9 heteroatoms. The molecule has 2 rings (SSSR count). The van der Waals surface area contributed by atoms with Crippen molar-refractivity contribution in [2.24, 2.45) is 16.7 Å². The Hall–Kier alpha value is -3.27. The van der Waals surface area contributed by atoms with Gasteiger partial charge in [0, 0.05) is 30.8 Å². The van der Waals surface area contributed by atoms with E-state index in [0.29, 0.717) is 25.1 Å². The lowest BCUT2D eigenvalue weighted by molar-refractivity contribution is -0.145. The standard InChI is InChI=1S/C27H39N5O4.C2H6/c1-26(2,27(3,4)25(35)32-36)18-24(34)31-22-12-8-19(9-13-22)6-5-7-23(33)30-21-14-10-20(11-15-21)16-17-29-28;1-2/h8-15,29,36H,5-7,16-18,28H2,1-4H3,(H,30,33)(H,31,34)(H,32,35);1-2H3. The largest absolute Gasteiger partial charge is 0.326 e. The number of nitrogens with two attached hydrogens (primary N) is 1. The fourth-order valence-electron chi connectivity index (χ4n) is 3.68. The lowest BCUT2D eigenvalue weighted by Gasteiger charge is -2.39. The predicted molar refractivity (Wildman–Crippen MR) is 152 cm³/mol. The van der Waals surface area contributed by atoms with Crippen molar-refractivity contribution in [2.75, 3.05) is 17.2 Å². The average Bonchev–Trinajstić information content (AvgIpc) is 2.89. The van der Waals surface area contributed by atoms with Crippen molar-refractivity contribution < 1.29 is 19.6 Å². The van der Waals surface area contributed by atoms with Gasteiger partial charge in [0.15, 0.2) is 0 Å². The van der Waals surface area contributed by atoms with Crippen LogP contribution in [0.4, 0.5) is 11.4 Å². The molecule has 0 unspecified atom stereocenters. The maximum Gasteiger partial charge on any atom is 0.249 e. The van der Waals surface area contributed by atoms with Crippen molar-refractivity contribution in [3.05, 3.63) is 59.7 Å². The van der Waals surface area contributed by atoms with Gasteiger partial charge in [-0.05, 0) is 60.1 Å². The number of carbonyl (C=O) groups excluding carboxylic acids is 3. The first-order valence-electron chi connectivity index (χ1n) is 13.1. The SMILES string of the molecule is CC.CC(C)(CC(=O)Nc1ccc(CCCC(=O)Nc2ccc(CCNN)cc2)cc1)C(C)(C)C(=O)NO. The van der Waals surface area contributed by atoms with Crippen molar-refractivity contribution in [1.82, 2.24) is 10.9 Å². The van der Waals surface area contributed by atoms with Gasteiger partial charge in [0.05, 0.1) is 5.41 Å². The molecule has 7 N–H and O–H groups in total. The number of benzene rings is 2. The number of rotatable bonds is 13. The fourth-order valence-corrected chi connectivity index (χ4v) is 3.68. The first kappa shape index (κ1) is 32.8. The van der Waals surface area contributed by atoms with E-state index in [1.165, 1.54) is 0 Å². The zero-order valence-corrected chi connectivity index (χ0v) is 23.6.